The smallest absolute Gasteiger partial charge is 0.325 e. The third-order valence-electron chi connectivity index (χ3n) is 4.98. The maximum atomic E-state index is 13.0. The third-order valence-corrected chi connectivity index (χ3v) is 4.98. The number of hydrogen-bond donors (Lipinski definition) is 1. The standard InChI is InChI=1S/C16H26N2O4/c1-11-6-15(2,3)9-16(7-11)13(19)18(14(20)17-16)8-12-4-5-21-10-22-12/h11-12H,4-10H2,1-3H3,(H,17,20)/t11-,12-,16+/m0/s1. The Morgan fingerprint density at radius 2 is 2.09 bits per heavy atom. The van der Waals surface area contributed by atoms with E-state index < -0.39 is 5.54 Å². The summed E-state index contributed by atoms with van der Waals surface area (Å²) < 4.78 is 10.6. The molecule has 3 rings (SSSR count). The summed E-state index contributed by atoms with van der Waals surface area (Å²) >= 11 is 0. The van der Waals surface area contributed by atoms with Crippen molar-refractivity contribution in [3.63, 3.8) is 0 Å². The summed E-state index contributed by atoms with van der Waals surface area (Å²) in [5, 5.41) is 3.00. The lowest BCUT2D eigenvalue weighted by Gasteiger charge is -2.43. The first-order chi connectivity index (χ1) is 10.3. The number of ether oxygens (including phenoxy) is 2. The first kappa shape index (κ1) is 15.7. The van der Waals surface area contributed by atoms with Crippen LogP contribution >= 0.6 is 0 Å². The second-order valence-corrected chi connectivity index (χ2v) is 7.89. The zero-order valence-electron chi connectivity index (χ0n) is 13.7. The van der Waals surface area contributed by atoms with Crippen LogP contribution in [0.15, 0.2) is 0 Å². The van der Waals surface area contributed by atoms with Crippen molar-refractivity contribution < 1.29 is 19.1 Å². The summed E-state index contributed by atoms with van der Waals surface area (Å²) in [5.41, 5.74) is -0.658. The molecular weight excluding hydrogens is 284 g/mol. The van der Waals surface area contributed by atoms with Gasteiger partial charge >= 0.3 is 6.03 Å². The van der Waals surface area contributed by atoms with Crippen LogP contribution in [0.1, 0.15) is 46.5 Å². The third kappa shape index (κ3) is 2.86. The minimum atomic E-state index is -0.719. The molecule has 2 aliphatic heterocycles. The van der Waals surface area contributed by atoms with Gasteiger partial charge in [-0.15, -0.1) is 0 Å². The molecule has 1 aliphatic carbocycles. The van der Waals surface area contributed by atoms with Crippen LogP contribution in [-0.2, 0) is 14.3 Å². The molecule has 3 aliphatic rings. The molecule has 0 unspecified atom stereocenters. The zero-order chi connectivity index (χ0) is 16.0. The van der Waals surface area contributed by atoms with E-state index in [1.807, 2.05) is 0 Å². The quantitative estimate of drug-likeness (QED) is 0.791. The summed E-state index contributed by atoms with van der Waals surface area (Å²) in [7, 11) is 0. The predicted octanol–water partition coefficient (Wildman–Crippen LogP) is 1.89. The van der Waals surface area contributed by atoms with Gasteiger partial charge < -0.3 is 14.8 Å². The lowest BCUT2D eigenvalue weighted by atomic mass is 9.64. The highest BCUT2D eigenvalue weighted by molar-refractivity contribution is 6.07. The Morgan fingerprint density at radius 3 is 2.73 bits per heavy atom. The molecule has 1 N–H and O–H groups in total. The minimum absolute atomic E-state index is 0.0613. The van der Waals surface area contributed by atoms with E-state index >= 15 is 0 Å². The summed E-state index contributed by atoms with van der Waals surface area (Å²) in [6.07, 6.45) is 3.12. The van der Waals surface area contributed by atoms with Crippen LogP contribution < -0.4 is 5.32 Å². The largest absolute Gasteiger partial charge is 0.355 e. The fourth-order valence-corrected chi connectivity index (χ4v) is 4.52. The lowest BCUT2D eigenvalue weighted by Crippen LogP contribution is -2.54. The van der Waals surface area contributed by atoms with E-state index in [4.69, 9.17) is 9.47 Å². The van der Waals surface area contributed by atoms with Crippen molar-refractivity contribution in [3.8, 4) is 0 Å². The molecule has 3 atom stereocenters. The van der Waals surface area contributed by atoms with E-state index in [-0.39, 0.29) is 30.3 Å². The maximum Gasteiger partial charge on any atom is 0.325 e. The number of amides is 3. The second-order valence-electron chi connectivity index (χ2n) is 7.89. The van der Waals surface area contributed by atoms with Crippen LogP contribution in [0.2, 0.25) is 0 Å². The number of urea groups is 1. The van der Waals surface area contributed by atoms with Crippen LogP contribution in [0, 0.1) is 11.3 Å². The van der Waals surface area contributed by atoms with E-state index in [1.165, 1.54) is 4.90 Å². The molecule has 3 amide bonds. The maximum absolute atomic E-state index is 13.0. The molecule has 0 aromatic rings. The Kier molecular flexibility index (Phi) is 3.93. The number of rotatable bonds is 2. The Morgan fingerprint density at radius 1 is 1.32 bits per heavy atom. The van der Waals surface area contributed by atoms with Gasteiger partial charge in [0.05, 0.1) is 19.3 Å². The Labute approximate surface area is 131 Å². The number of imide groups is 1. The summed E-state index contributed by atoms with van der Waals surface area (Å²) in [6.45, 7) is 7.69. The molecule has 124 valence electrons. The monoisotopic (exact) mass is 310 g/mol. The van der Waals surface area contributed by atoms with Gasteiger partial charge in [0, 0.05) is 0 Å². The molecular formula is C16H26N2O4. The van der Waals surface area contributed by atoms with Gasteiger partial charge in [0.1, 0.15) is 12.3 Å². The summed E-state index contributed by atoms with van der Waals surface area (Å²) in [4.78, 5) is 26.7. The topological polar surface area (TPSA) is 67.9 Å². The molecule has 22 heavy (non-hydrogen) atoms. The van der Waals surface area contributed by atoms with Crippen molar-refractivity contribution >= 4 is 11.9 Å². The number of carbonyl (C=O) groups excluding carboxylic acids is 2. The van der Waals surface area contributed by atoms with Crippen molar-refractivity contribution in [2.75, 3.05) is 19.9 Å². The van der Waals surface area contributed by atoms with Crippen LogP contribution in [0.5, 0.6) is 0 Å². The molecule has 6 heteroatoms. The molecule has 3 fully saturated rings. The Bertz CT molecular complexity index is 473. The zero-order valence-corrected chi connectivity index (χ0v) is 13.7. The average Bonchev–Trinajstić information content (AvgIpc) is 2.61. The van der Waals surface area contributed by atoms with E-state index in [0.717, 1.165) is 12.8 Å². The molecule has 1 saturated carbocycles. The molecule has 0 radical (unpaired) electrons. The fourth-order valence-electron chi connectivity index (χ4n) is 4.52. The first-order valence-corrected chi connectivity index (χ1v) is 8.15. The normalized spacial score (nSPS) is 38.4. The highest BCUT2D eigenvalue weighted by Crippen LogP contribution is 2.46. The van der Waals surface area contributed by atoms with E-state index in [9.17, 15) is 9.59 Å². The van der Waals surface area contributed by atoms with Crippen LogP contribution in [0.4, 0.5) is 4.79 Å². The van der Waals surface area contributed by atoms with Crippen molar-refractivity contribution in [1.29, 1.82) is 0 Å². The van der Waals surface area contributed by atoms with E-state index in [1.54, 1.807) is 0 Å². The van der Waals surface area contributed by atoms with Gasteiger partial charge in [-0.3, -0.25) is 9.69 Å². The van der Waals surface area contributed by atoms with Crippen molar-refractivity contribution in [3.05, 3.63) is 0 Å². The summed E-state index contributed by atoms with van der Waals surface area (Å²) in [6, 6.07) is -0.273. The number of nitrogens with zero attached hydrogens (tertiary/aromatic N) is 1. The number of carbonyl (C=O) groups is 2. The fraction of sp³-hybridized carbons (Fsp3) is 0.875. The molecule has 0 aromatic carbocycles. The minimum Gasteiger partial charge on any atom is -0.355 e. The molecule has 6 nitrogen and oxygen atoms in total. The Balaban J connectivity index is 1.75. The van der Waals surface area contributed by atoms with Gasteiger partial charge in [-0.1, -0.05) is 20.8 Å². The molecule has 1 spiro atoms. The second kappa shape index (κ2) is 5.49. The van der Waals surface area contributed by atoms with Gasteiger partial charge in [0.2, 0.25) is 0 Å². The lowest BCUT2D eigenvalue weighted by molar-refractivity contribution is -0.151. The highest BCUT2D eigenvalue weighted by Gasteiger charge is 2.56. The van der Waals surface area contributed by atoms with Gasteiger partial charge in [-0.25, -0.2) is 4.79 Å². The van der Waals surface area contributed by atoms with Gasteiger partial charge in [-0.05, 0) is 37.0 Å². The van der Waals surface area contributed by atoms with Gasteiger partial charge in [0.25, 0.3) is 5.91 Å². The first-order valence-electron chi connectivity index (χ1n) is 8.15. The highest BCUT2D eigenvalue weighted by atomic mass is 16.7. The van der Waals surface area contributed by atoms with Crippen LogP contribution in [0.25, 0.3) is 0 Å². The van der Waals surface area contributed by atoms with Crippen molar-refractivity contribution in [2.24, 2.45) is 11.3 Å². The molecule has 2 heterocycles. The van der Waals surface area contributed by atoms with E-state index in [0.29, 0.717) is 31.9 Å². The average molecular weight is 310 g/mol. The van der Waals surface area contributed by atoms with Crippen molar-refractivity contribution in [1.82, 2.24) is 10.2 Å². The van der Waals surface area contributed by atoms with Crippen molar-refractivity contribution in [2.45, 2.75) is 58.1 Å². The molecule has 0 bridgehead atoms. The predicted molar refractivity (Wildman–Crippen MR) is 80.1 cm³/mol. The van der Waals surface area contributed by atoms with Crippen LogP contribution in [0.3, 0.4) is 0 Å². The SMILES string of the molecule is C[C@H]1CC(C)(C)C[C@@]2(C1)NC(=O)N(C[C@@H]1CCOCO1)C2=O. The molecule has 0 aromatic heterocycles. The van der Waals surface area contributed by atoms with E-state index in [2.05, 4.69) is 26.1 Å². The number of hydrogen-bond acceptors (Lipinski definition) is 4. The molecule has 2 saturated heterocycles. The summed E-state index contributed by atoms with van der Waals surface area (Å²) in [5.74, 6) is 0.347. The number of nitrogens with one attached hydrogen (secondary N) is 1. The van der Waals surface area contributed by atoms with Gasteiger partial charge in [0.15, 0.2) is 0 Å². The van der Waals surface area contributed by atoms with Crippen LogP contribution in [-0.4, -0.2) is 48.4 Å². The Hall–Kier alpha value is -1.14. The van der Waals surface area contributed by atoms with Gasteiger partial charge in [-0.2, -0.15) is 0 Å².